The molecule has 5 aromatic carbocycles. The standard InChI is InChI=1S/C32H30NO/c1-22(32(34)25-12-4-3-5-13-25)33(2)20-26-18-16-23-10-6-8-14-28(23)30(26)31-27(21-33)19-17-24-11-7-9-15-29(24)31/h3-19,22,32,34H,20-21H2,1-2H3/q+1/t22-,32-/m0/s1. The summed E-state index contributed by atoms with van der Waals surface area (Å²) in [5, 5.41) is 16.6. The molecule has 0 bridgehead atoms. The average molecular weight is 445 g/mol. The molecule has 0 spiro atoms. The van der Waals surface area contributed by atoms with Crippen LogP contribution < -0.4 is 0 Å². The zero-order valence-electron chi connectivity index (χ0n) is 19.8. The SMILES string of the molecule is C[C@@H]([C@H](O)c1ccccc1)[N+]1(C)Cc2ccc3ccccc3c2-c2c(ccc3ccccc23)C1. The van der Waals surface area contributed by atoms with Gasteiger partial charge in [-0.2, -0.15) is 0 Å². The molecular formula is C32H30NO+. The molecule has 0 saturated carbocycles. The molecule has 0 aromatic heterocycles. The average Bonchev–Trinajstić information content (AvgIpc) is 3.02. The molecule has 0 unspecified atom stereocenters. The molecule has 0 amide bonds. The van der Waals surface area contributed by atoms with Gasteiger partial charge in [0.2, 0.25) is 0 Å². The quantitative estimate of drug-likeness (QED) is 0.291. The first-order valence-corrected chi connectivity index (χ1v) is 12.1. The molecule has 0 saturated heterocycles. The van der Waals surface area contributed by atoms with Gasteiger partial charge >= 0.3 is 0 Å². The van der Waals surface area contributed by atoms with Crippen LogP contribution in [0.4, 0.5) is 0 Å². The van der Waals surface area contributed by atoms with Crippen LogP contribution in [0.15, 0.2) is 103 Å². The number of rotatable bonds is 3. The number of likely N-dealkylation sites (N-methyl/N-ethyl adjacent to an activating group) is 1. The lowest BCUT2D eigenvalue weighted by atomic mass is 9.88. The Morgan fingerprint density at radius 3 is 1.62 bits per heavy atom. The highest BCUT2D eigenvalue weighted by Gasteiger charge is 2.39. The molecule has 0 aliphatic carbocycles. The number of nitrogens with zero attached hydrogens (tertiary/aromatic N) is 1. The first-order chi connectivity index (χ1) is 16.5. The van der Waals surface area contributed by atoms with Gasteiger partial charge in [-0.3, -0.25) is 0 Å². The molecular weight excluding hydrogens is 414 g/mol. The summed E-state index contributed by atoms with van der Waals surface area (Å²) < 4.78 is 0.743. The summed E-state index contributed by atoms with van der Waals surface area (Å²) >= 11 is 0. The van der Waals surface area contributed by atoms with Gasteiger partial charge in [0.1, 0.15) is 25.2 Å². The zero-order chi connectivity index (χ0) is 23.3. The van der Waals surface area contributed by atoms with Crippen LogP contribution in [0, 0.1) is 0 Å². The molecule has 2 atom stereocenters. The van der Waals surface area contributed by atoms with Crippen molar-refractivity contribution in [3.63, 3.8) is 0 Å². The van der Waals surface area contributed by atoms with Crippen LogP contribution in [-0.2, 0) is 13.1 Å². The second kappa shape index (κ2) is 8.09. The molecule has 0 radical (unpaired) electrons. The first-order valence-electron chi connectivity index (χ1n) is 12.1. The van der Waals surface area contributed by atoms with E-state index in [2.05, 4.69) is 86.8 Å². The summed E-state index contributed by atoms with van der Waals surface area (Å²) in [6, 6.07) is 36.7. The Morgan fingerprint density at radius 1 is 0.618 bits per heavy atom. The van der Waals surface area contributed by atoms with Crippen molar-refractivity contribution in [3.05, 3.63) is 120 Å². The number of hydrogen-bond acceptors (Lipinski definition) is 1. The van der Waals surface area contributed by atoms with Gasteiger partial charge in [-0.15, -0.1) is 0 Å². The largest absolute Gasteiger partial charge is 0.382 e. The van der Waals surface area contributed by atoms with Crippen LogP contribution in [0.5, 0.6) is 0 Å². The highest BCUT2D eigenvalue weighted by atomic mass is 16.3. The van der Waals surface area contributed by atoms with Crippen molar-refractivity contribution in [2.75, 3.05) is 7.05 Å². The second-order valence-corrected chi connectivity index (χ2v) is 10.0. The van der Waals surface area contributed by atoms with E-state index < -0.39 is 6.10 Å². The van der Waals surface area contributed by atoms with Gasteiger partial charge in [-0.05, 0) is 45.2 Å². The van der Waals surface area contributed by atoms with E-state index in [0.29, 0.717) is 0 Å². The first kappa shape index (κ1) is 21.1. The number of quaternary nitrogens is 1. The van der Waals surface area contributed by atoms with Gasteiger partial charge in [0.25, 0.3) is 0 Å². The smallest absolute Gasteiger partial charge is 0.130 e. The number of aliphatic hydroxyl groups excluding tert-OH is 1. The second-order valence-electron chi connectivity index (χ2n) is 10.0. The molecule has 1 heterocycles. The van der Waals surface area contributed by atoms with Crippen LogP contribution >= 0.6 is 0 Å². The van der Waals surface area contributed by atoms with E-state index in [0.717, 1.165) is 23.1 Å². The van der Waals surface area contributed by atoms with Gasteiger partial charge in [0.05, 0.1) is 7.05 Å². The summed E-state index contributed by atoms with van der Waals surface area (Å²) in [4.78, 5) is 0. The predicted octanol–water partition coefficient (Wildman–Crippen LogP) is 7.24. The van der Waals surface area contributed by atoms with E-state index in [9.17, 15) is 5.11 Å². The van der Waals surface area contributed by atoms with E-state index in [1.807, 2.05) is 30.3 Å². The Balaban J connectivity index is 1.60. The van der Waals surface area contributed by atoms with Gasteiger partial charge < -0.3 is 9.59 Å². The Morgan fingerprint density at radius 2 is 1.09 bits per heavy atom. The van der Waals surface area contributed by atoms with Crippen molar-refractivity contribution in [2.24, 2.45) is 0 Å². The van der Waals surface area contributed by atoms with Gasteiger partial charge in [0, 0.05) is 11.1 Å². The Kier molecular flexibility index (Phi) is 5.02. The van der Waals surface area contributed by atoms with Crippen molar-refractivity contribution in [1.29, 1.82) is 0 Å². The van der Waals surface area contributed by atoms with Crippen LogP contribution in [0.3, 0.4) is 0 Å². The topological polar surface area (TPSA) is 20.2 Å². The summed E-state index contributed by atoms with van der Waals surface area (Å²) in [5.74, 6) is 0. The number of hydrogen-bond donors (Lipinski definition) is 1. The summed E-state index contributed by atoms with van der Waals surface area (Å²) in [5.41, 5.74) is 6.39. The fourth-order valence-corrected chi connectivity index (χ4v) is 5.88. The number of benzene rings is 5. The minimum atomic E-state index is -0.530. The maximum absolute atomic E-state index is 11.4. The third-order valence-electron chi connectivity index (χ3n) is 7.93. The van der Waals surface area contributed by atoms with Gasteiger partial charge in [-0.25, -0.2) is 0 Å². The maximum Gasteiger partial charge on any atom is 0.130 e. The third-order valence-corrected chi connectivity index (χ3v) is 7.93. The Hall–Kier alpha value is -3.46. The third kappa shape index (κ3) is 3.34. The fraction of sp³-hybridized carbons (Fsp3) is 0.188. The zero-order valence-corrected chi connectivity index (χ0v) is 19.8. The van der Waals surface area contributed by atoms with Crippen LogP contribution in [0.25, 0.3) is 32.7 Å². The van der Waals surface area contributed by atoms with Crippen molar-refractivity contribution in [1.82, 2.24) is 0 Å². The van der Waals surface area contributed by atoms with Crippen molar-refractivity contribution in [3.8, 4) is 11.1 Å². The normalized spacial score (nSPS) is 16.4. The van der Waals surface area contributed by atoms with Gasteiger partial charge in [0.15, 0.2) is 0 Å². The lowest BCUT2D eigenvalue weighted by molar-refractivity contribution is -0.960. The van der Waals surface area contributed by atoms with Crippen molar-refractivity contribution in [2.45, 2.75) is 32.2 Å². The molecule has 1 N–H and O–H groups in total. The van der Waals surface area contributed by atoms with Gasteiger partial charge in [-0.1, -0.05) is 103 Å². The van der Waals surface area contributed by atoms with E-state index in [1.54, 1.807) is 0 Å². The van der Waals surface area contributed by atoms with Crippen LogP contribution in [0.1, 0.15) is 29.7 Å². The summed E-state index contributed by atoms with van der Waals surface area (Å²) in [7, 11) is 2.31. The molecule has 168 valence electrons. The van der Waals surface area contributed by atoms with Crippen LogP contribution in [-0.4, -0.2) is 22.7 Å². The van der Waals surface area contributed by atoms with Crippen molar-refractivity contribution >= 4 is 21.5 Å². The van der Waals surface area contributed by atoms with Crippen molar-refractivity contribution < 1.29 is 9.59 Å². The Labute approximate surface area is 201 Å². The molecule has 2 heteroatoms. The molecule has 0 fully saturated rings. The number of aliphatic hydroxyl groups is 1. The minimum Gasteiger partial charge on any atom is -0.382 e. The van der Waals surface area contributed by atoms with Crippen LogP contribution in [0.2, 0.25) is 0 Å². The van der Waals surface area contributed by atoms with E-state index in [1.165, 1.54) is 43.8 Å². The summed E-state index contributed by atoms with van der Waals surface area (Å²) in [6.07, 6.45) is -0.530. The van der Waals surface area contributed by atoms with E-state index in [-0.39, 0.29) is 6.04 Å². The number of fused-ring (bicyclic) bond motifs is 7. The maximum atomic E-state index is 11.4. The lowest BCUT2D eigenvalue weighted by Gasteiger charge is -2.42. The predicted molar refractivity (Wildman–Crippen MR) is 141 cm³/mol. The molecule has 1 aliphatic rings. The molecule has 1 aliphatic heterocycles. The molecule has 6 rings (SSSR count). The van der Waals surface area contributed by atoms with E-state index in [4.69, 9.17) is 0 Å². The minimum absolute atomic E-state index is 0.0270. The Bertz CT molecular complexity index is 1420. The fourth-order valence-electron chi connectivity index (χ4n) is 5.88. The summed E-state index contributed by atoms with van der Waals surface area (Å²) in [6.45, 7) is 3.94. The molecule has 34 heavy (non-hydrogen) atoms. The highest BCUT2D eigenvalue weighted by molar-refractivity contribution is 6.07. The monoisotopic (exact) mass is 444 g/mol. The molecule has 5 aromatic rings. The van der Waals surface area contributed by atoms with E-state index >= 15 is 0 Å². The lowest BCUT2D eigenvalue weighted by Crippen LogP contribution is -2.51. The molecule has 2 nitrogen and oxygen atoms in total. The highest BCUT2D eigenvalue weighted by Crippen LogP contribution is 2.44.